The second-order valence-corrected chi connectivity index (χ2v) is 3.84. The van der Waals surface area contributed by atoms with Crippen molar-refractivity contribution in [1.82, 2.24) is 9.78 Å². The SMILES string of the molecule is COC(=O)Cn1cc(-c2cc(F)cc(C#N)c2)cn1. The van der Waals surface area contributed by atoms with Gasteiger partial charge in [0.2, 0.25) is 0 Å². The number of rotatable bonds is 3. The van der Waals surface area contributed by atoms with Crippen LogP contribution in [0.5, 0.6) is 0 Å². The smallest absolute Gasteiger partial charge is 0.327 e. The molecule has 2 aromatic rings. The number of ether oxygens (including phenoxy) is 1. The highest BCUT2D eigenvalue weighted by molar-refractivity contribution is 5.69. The molecule has 0 bridgehead atoms. The molecule has 0 spiro atoms. The van der Waals surface area contributed by atoms with Gasteiger partial charge in [-0.1, -0.05) is 0 Å². The normalized spacial score (nSPS) is 9.95. The van der Waals surface area contributed by atoms with Crippen molar-refractivity contribution < 1.29 is 13.9 Å². The van der Waals surface area contributed by atoms with Crippen LogP contribution in [-0.4, -0.2) is 22.9 Å². The highest BCUT2D eigenvalue weighted by Gasteiger charge is 2.08. The first-order chi connectivity index (χ1) is 9.12. The van der Waals surface area contributed by atoms with Gasteiger partial charge in [0, 0.05) is 11.8 Å². The summed E-state index contributed by atoms with van der Waals surface area (Å²) in [6.07, 6.45) is 3.09. The first-order valence-electron chi connectivity index (χ1n) is 5.42. The minimum absolute atomic E-state index is 0.0169. The number of esters is 1. The maximum absolute atomic E-state index is 13.3. The van der Waals surface area contributed by atoms with Gasteiger partial charge in [0.05, 0.1) is 24.9 Å². The van der Waals surface area contributed by atoms with Crippen LogP contribution in [0.4, 0.5) is 4.39 Å². The summed E-state index contributed by atoms with van der Waals surface area (Å²) in [5, 5.41) is 12.8. The van der Waals surface area contributed by atoms with E-state index >= 15 is 0 Å². The van der Waals surface area contributed by atoms with Gasteiger partial charge in [-0.2, -0.15) is 10.4 Å². The van der Waals surface area contributed by atoms with E-state index in [0.717, 1.165) is 6.07 Å². The molecule has 19 heavy (non-hydrogen) atoms. The summed E-state index contributed by atoms with van der Waals surface area (Å²) in [5.74, 6) is -0.915. The third-order valence-electron chi connectivity index (χ3n) is 2.51. The number of carbonyl (C=O) groups excluding carboxylic acids is 1. The van der Waals surface area contributed by atoms with Crippen LogP contribution in [0, 0.1) is 17.1 Å². The lowest BCUT2D eigenvalue weighted by molar-refractivity contribution is -0.141. The Kier molecular flexibility index (Phi) is 3.57. The standard InChI is InChI=1S/C13H10FN3O2/c1-19-13(18)8-17-7-11(6-16-17)10-2-9(5-15)3-12(14)4-10/h2-4,6-7H,8H2,1H3. The molecule has 1 aromatic heterocycles. The van der Waals surface area contributed by atoms with Gasteiger partial charge in [-0.3, -0.25) is 9.48 Å². The fourth-order valence-electron chi connectivity index (χ4n) is 1.62. The molecule has 2 rings (SSSR count). The number of methoxy groups -OCH3 is 1. The van der Waals surface area contributed by atoms with E-state index in [2.05, 4.69) is 9.84 Å². The third-order valence-corrected chi connectivity index (χ3v) is 2.51. The quantitative estimate of drug-likeness (QED) is 0.787. The second-order valence-electron chi connectivity index (χ2n) is 3.84. The van der Waals surface area contributed by atoms with Crippen LogP contribution >= 0.6 is 0 Å². The number of nitrogens with zero attached hydrogens (tertiary/aromatic N) is 3. The molecular weight excluding hydrogens is 249 g/mol. The Labute approximate surface area is 108 Å². The zero-order chi connectivity index (χ0) is 13.8. The van der Waals surface area contributed by atoms with E-state index < -0.39 is 11.8 Å². The first kappa shape index (κ1) is 12.8. The van der Waals surface area contributed by atoms with Crippen molar-refractivity contribution in [3.63, 3.8) is 0 Å². The van der Waals surface area contributed by atoms with Crippen molar-refractivity contribution in [2.45, 2.75) is 6.54 Å². The van der Waals surface area contributed by atoms with Crippen LogP contribution in [0.15, 0.2) is 30.6 Å². The Hall–Kier alpha value is -2.68. The lowest BCUT2D eigenvalue weighted by Gasteiger charge is -2.00. The molecule has 0 unspecified atom stereocenters. The fourth-order valence-corrected chi connectivity index (χ4v) is 1.62. The second kappa shape index (κ2) is 5.31. The number of halogens is 1. The van der Waals surface area contributed by atoms with Crippen LogP contribution < -0.4 is 0 Å². The monoisotopic (exact) mass is 259 g/mol. The largest absolute Gasteiger partial charge is 0.468 e. The lowest BCUT2D eigenvalue weighted by Crippen LogP contribution is -2.11. The molecule has 5 nitrogen and oxygen atoms in total. The van der Waals surface area contributed by atoms with Gasteiger partial charge in [-0.15, -0.1) is 0 Å². The zero-order valence-electron chi connectivity index (χ0n) is 10.1. The summed E-state index contributed by atoms with van der Waals surface area (Å²) in [7, 11) is 1.29. The maximum atomic E-state index is 13.3. The van der Waals surface area contributed by atoms with Crippen LogP contribution in [0.25, 0.3) is 11.1 Å². The summed E-state index contributed by atoms with van der Waals surface area (Å²) in [5.41, 5.74) is 1.39. The van der Waals surface area contributed by atoms with Gasteiger partial charge in [-0.25, -0.2) is 4.39 Å². The molecule has 0 aliphatic carbocycles. The Morgan fingerprint density at radius 3 is 2.95 bits per heavy atom. The van der Waals surface area contributed by atoms with E-state index in [1.54, 1.807) is 12.3 Å². The number of hydrogen-bond donors (Lipinski definition) is 0. The zero-order valence-corrected chi connectivity index (χ0v) is 10.1. The van der Waals surface area contributed by atoms with Gasteiger partial charge in [0.25, 0.3) is 0 Å². The number of hydrogen-bond acceptors (Lipinski definition) is 4. The average Bonchev–Trinajstić information content (AvgIpc) is 2.86. The Bertz CT molecular complexity index is 658. The van der Waals surface area contributed by atoms with E-state index in [1.165, 1.54) is 24.1 Å². The van der Waals surface area contributed by atoms with Gasteiger partial charge in [-0.05, 0) is 23.8 Å². The number of aromatic nitrogens is 2. The summed E-state index contributed by atoms with van der Waals surface area (Å²) in [4.78, 5) is 11.1. The molecule has 96 valence electrons. The fraction of sp³-hybridized carbons (Fsp3) is 0.154. The molecule has 0 aliphatic rings. The molecule has 0 atom stereocenters. The Morgan fingerprint density at radius 1 is 1.47 bits per heavy atom. The Balaban J connectivity index is 2.30. The predicted molar refractivity (Wildman–Crippen MR) is 64.4 cm³/mol. The minimum atomic E-state index is -0.491. The molecular formula is C13H10FN3O2. The number of carbonyl (C=O) groups is 1. The molecule has 1 heterocycles. The van der Waals surface area contributed by atoms with Crippen molar-refractivity contribution in [2.24, 2.45) is 0 Å². The lowest BCUT2D eigenvalue weighted by atomic mass is 10.1. The molecule has 0 saturated heterocycles. The number of benzene rings is 1. The van der Waals surface area contributed by atoms with Crippen molar-refractivity contribution in [3.8, 4) is 17.2 Å². The highest BCUT2D eigenvalue weighted by atomic mass is 19.1. The van der Waals surface area contributed by atoms with Crippen LogP contribution in [0.2, 0.25) is 0 Å². The third kappa shape index (κ3) is 2.96. The maximum Gasteiger partial charge on any atom is 0.327 e. The van der Waals surface area contributed by atoms with Crippen molar-refractivity contribution in [3.05, 3.63) is 42.0 Å². The summed E-state index contributed by atoms with van der Waals surface area (Å²) < 4.78 is 19.2. The summed E-state index contributed by atoms with van der Waals surface area (Å²) >= 11 is 0. The summed E-state index contributed by atoms with van der Waals surface area (Å²) in [6.45, 7) is -0.0169. The molecule has 0 N–H and O–H groups in total. The molecule has 0 fully saturated rings. The first-order valence-corrected chi connectivity index (χ1v) is 5.42. The Morgan fingerprint density at radius 2 is 2.26 bits per heavy atom. The highest BCUT2D eigenvalue weighted by Crippen LogP contribution is 2.21. The van der Waals surface area contributed by atoms with Crippen LogP contribution in [-0.2, 0) is 16.1 Å². The van der Waals surface area contributed by atoms with E-state index in [-0.39, 0.29) is 12.1 Å². The van der Waals surface area contributed by atoms with Gasteiger partial charge in [0.1, 0.15) is 12.4 Å². The van der Waals surface area contributed by atoms with E-state index in [0.29, 0.717) is 11.1 Å². The molecule has 6 heteroatoms. The van der Waals surface area contributed by atoms with Crippen LogP contribution in [0.1, 0.15) is 5.56 Å². The van der Waals surface area contributed by atoms with Crippen molar-refractivity contribution >= 4 is 5.97 Å². The van der Waals surface area contributed by atoms with Gasteiger partial charge >= 0.3 is 5.97 Å². The van der Waals surface area contributed by atoms with Crippen molar-refractivity contribution in [1.29, 1.82) is 5.26 Å². The van der Waals surface area contributed by atoms with Crippen molar-refractivity contribution in [2.75, 3.05) is 7.11 Å². The number of nitriles is 1. The van der Waals surface area contributed by atoms with Gasteiger partial charge in [0.15, 0.2) is 0 Å². The van der Waals surface area contributed by atoms with Gasteiger partial charge < -0.3 is 4.74 Å². The van der Waals surface area contributed by atoms with Crippen LogP contribution in [0.3, 0.4) is 0 Å². The molecule has 0 radical (unpaired) electrons. The van der Waals surface area contributed by atoms with E-state index in [4.69, 9.17) is 5.26 Å². The minimum Gasteiger partial charge on any atom is -0.468 e. The topological polar surface area (TPSA) is 67.9 Å². The molecule has 0 saturated carbocycles. The molecule has 1 aromatic carbocycles. The van der Waals surface area contributed by atoms with E-state index in [1.807, 2.05) is 6.07 Å². The molecule has 0 aliphatic heterocycles. The van der Waals surface area contributed by atoms with E-state index in [9.17, 15) is 9.18 Å². The molecule has 0 amide bonds. The average molecular weight is 259 g/mol. The predicted octanol–water partition coefficient (Wildman–Crippen LogP) is 1.73. The summed E-state index contributed by atoms with van der Waals surface area (Å²) in [6, 6.07) is 5.90.